The van der Waals surface area contributed by atoms with Gasteiger partial charge in [0.1, 0.15) is 6.04 Å². The zero-order chi connectivity index (χ0) is 14.5. The van der Waals surface area contributed by atoms with E-state index in [9.17, 15) is 18.0 Å². The van der Waals surface area contributed by atoms with Crippen LogP contribution in [0.25, 0.3) is 0 Å². The number of carboxylic acids is 1. The Morgan fingerprint density at radius 3 is 2.63 bits per heavy atom. The second-order valence-electron chi connectivity index (χ2n) is 4.71. The van der Waals surface area contributed by atoms with Crippen molar-refractivity contribution in [3.63, 3.8) is 0 Å². The molecule has 2 N–H and O–H groups in total. The lowest BCUT2D eigenvalue weighted by atomic mass is 10.0. The standard InChI is InChI=1S/C11H19NO6S/c1-18-4-2-9(11(14)15)12-10(13)6-8-3-5-19(16,17)7-8/h8-9H,2-7H2,1H3,(H,12,13)(H,14,15). The Morgan fingerprint density at radius 1 is 1.47 bits per heavy atom. The summed E-state index contributed by atoms with van der Waals surface area (Å²) in [6.07, 6.45) is 0.697. The molecule has 19 heavy (non-hydrogen) atoms. The Balaban J connectivity index is 2.42. The molecule has 0 aromatic carbocycles. The van der Waals surface area contributed by atoms with Crippen LogP contribution in [-0.4, -0.2) is 56.7 Å². The molecule has 0 aliphatic carbocycles. The summed E-state index contributed by atoms with van der Waals surface area (Å²) in [6, 6.07) is -0.995. The number of carboxylic acid groups (broad SMARTS) is 1. The van der Waals surface area contributed by atoms with Crippen molar-refractivity contribution in [1.82, 2.24) is 5.32 Å². The number of sulfone groups is 1. The van der Waals surface area contributed by atoms with Crippen LogP contribution in [0.2, 0.25) is 0 Å². The molecule has 1 amide bonds. The molecule has 1 saturated heterocycles. The van der Waals surface area contributed by atoms with Gasteiger partial charge in [0.2, 0.25) is 5.91 Å². The fourth-order valence-electron chi connectivity index (χ4n) is 2.04. The molecule has 0 saturated carbocycles. The zero-order valence-electron chi connectivity index (χ0n) is 10.8. The van der Waals surface area contributed by atoms with Crippen LogP contribution in [-0.2, 0) is 24.2 Å². The van der Waals surface area contributed by atoms with Crippen LogP contribution in [0.15, 0.2) is 0 Å². The molecule has 0 spiro atoms. The number of hydrogen-bond donors (Lipinski definition) is 2. The molecule has 0 radical (unpaired) electrons. The largest absolute Gasteiger partial charge is 0.480 e. The molecule has 2 atom stereocenters. The van der Waals surface area contributed by atoms with Crippen LogP contribution in [0.5, 0.6) is 0 Å². The quantitative estimate of drug-likeness (QED) is 0.649. The third-order valence-corrected chi connectivity index (χ3v) is 4.88. The van der Waals surface area contributed by atoms with Gasteiger partial charge in [-0.15, -0.1) is 0 Å². The Kier molecular flexibility index (Phi) is 5.74. The number of ether oxygens (including phenoxy) is 1. The average Bonchev–Trinajstić information content (AvgIpc) is 2.63. The molecular weight excluding hydrogens is 274 g/mol. The fraction of sp³-hybridized carbons (Fsp3) is 0.818. The van der Waals surface area contributed by atoms with Crippen LogP contribution < -0.4 is 5.32 Å². The number of carbonyl (C=O) groups is 2. The highest BCUT2D eigenvalue weighted by molar-refractivity contribution is 7.91. The lowest BCUT2D eigenvalue weighted by molar-refractivity contribution is -0.142. The Bertz CT molecular complexity index is 432. The number of nitrogens with one attached hydrogen (secondary N) is 1. The Hall–Kier alpha value is -1.15. The van der Waals surface area contributed by atoms with Crippen molar-refractivity contribution in [2.24, 2.45) is 5.92 Å². The predicted molar refractivity (Wildman–Crippen MR) is 67.4 cm³/mol. The minimum absolute atomic E-state index is 0.0101. The van der Waals surface area contributed by atoms with Gasteiger partial charge < -0.3 is 15.2 Å². The van der Waals surface area contributed by atoms with Gasteiger partial charge in [0.25, 0.3) is 0 Å². The van der Waals surface area contributed by atoms with Gasteiger partial charge in [-0.3, -0.25) is 4.79 Å². The van der Waals surface area contributed by atoms with Crippen LogP contribution in [0.1, 0.15) is 19.3 Å². The van der Waals surface area contributed by atoms with Crippen molar-refractivity contribution in [3.8, 4) is 0 Å². The van der Waals surface area contributed by atoms with Gasteiger partial charge in [-0.2, -0.15) is 0 Å². The summed E-state index contributed by atoms with van der Waals surface area (Å²) in [6.45, 7) is 0.231. The highest BCUT2D eigenvalue weighted by Crippen LogP contribution is 2.21. The molecule has 0 aromatic heterocycles. The van der Waals surface area contributed by atoms with E-state index in [4.69, 9.17) is 9.84 Å². The van der Waals surface area contributed by atoms with Crippen LogP contribution >= 0.6 is 0 Å². The Labute approximate surface area is 112 Å². The van der Waals surface area contributed by atoms with Gasteiger partial charge in [0.05, 0.1) is 11.5 Å². The summed E-state index contributed by atoms with van der Waals surface area (Å²) in [5, 5.41) is 11.3. The Morgan fingerprint density at radius 2 is 2.16 bits per heavy atom. The topological polar surface area (TPSA) is 110 Å². The summed E-state index contributed by atoms with van der Waals surface area (Å²) in [5.41, 5.74) is 0. The predicted octanol–water partition coefficient (Wildman–Crippen LogP) is -0.583. The summed E-state index contributed by atoms with van der Waals surface area (Å²) in [7, 11) is -1.57. The lowest BCUT2D eigenvalue weighted by Crippen LogP contribution is -2.42. The van der Waals surface area contributed by atoms with E-state index >= 15 is 0 Å². The molecule has 0 bridgehead atoms. The van der Waals surface area contributed by atoms with E-state index in [2.05, 4.69) is 5.32 Å². The monoisotopic (exact) mass is 293 g/mol. The molecule has 1 heterocycles. The van der Waals surface area contributed by atoms with Gasteiger partial charge in [-0.05, 0) is 12.3 Å². The van der Waals surface area contributed by atoms with E-state index in [1.54, 1.807) is 0 Å². The molecule has 1 aliphatic heterocycles. The van der Waals surface area contributed by atoms with Crippen molar-refractivity contribution < 1.29 is 27.9 Å². The highest BCUT2D eigenvalue weighted by Gasteiger charge is 2.30. The molecule has 1 fully saturated rings. The number of methoxy groups -OCH3 is 1. The summed E-state index contributed by atoms with van der Waals surface area (Å²) in [5.74, 6) is -1.63. The molecule has 7 nitrogen and oxygen atoms in total. The van der Waals surface area contributed by atoms with Crippen LogP contribution in [0.4, 0.5) is 0 Å². The maximum atomic E-state index is 11.7. The first kappa shape index (κ1) is 15.9. The van der Waals surface area contributed by atoms with Crippen LogP contribution in [0, 0.1) is 5.92 Å². The minimum atomic E-state index is -3.02. The van der Waals surface area contributed by atoms with E-state index in [0.29, 0.717) is 6.42 Å². The molecule has 0 aromatic rings. The molecule has 8 heteroatoms. The van der Waals surface area contributed by atoms with Crippen LogP contribution in [0.3, 0.4) is 0 Å². The van der Waals surface area contributed by atoms with Crippen molar-refractivity contribution in [2.45, 2.75) is 25.3 Å². The first-order valence-electron chi connectivity index (χ1n) is 6.05. The van der Waals surface area contributed by atoms with Crippen molar-refractivity contribution in [3.05, 3.63) is 0 Å². The first-order valence-corrected chi connectivity index (χ1v) is 7.87. The maximum Gasteiger partial charge on any atom is 0.326 e. The van der Waals surface area contributed by atoms with Gasteiger partial charge in [0, 0.05) is 26.6 Å². The molecule has 2 unspecified atom stereocenters. The second kappa shape index (κ2) is 6.85. The maximum absolute atomic E-state index is 11.7. The number of rotatable bonds is 7. The summed E-state index contributed by atoms with van der Waals surface area (Å²) < 4.78 is 27.3. The number of hydrogen-bond acceptors (Lipinski definition) is 5. The molecule has 110 valence electrons. The van der Waals surface area contributed by atoms with Gasteiger partial charge >= 0.3 is 5.97 Å². The SMILES string of the molecule is COCCC(NC(=O)CC1CCS(=O)(=O)C1)C(=O)O. The van der Waals surface area contributed by atoms with Gasteiger partial charge in [-0.25, -0.2) is 13.2 Å². The zero-order valence-corrected chi connectivity index (χ0v) is 11.6. The normalized spacial score (nSPS) is 22.9. The van der Waals surface area contributed by atoms with E-state index in [1.807, 2.05) is 0 Å². The molecule has 1 aliphatic rings. The smallest absolute Gasteiger partial charge is 0.326 e. The fourth-order valence-corrected chi connectivity index (χ4v) is 3.90. The van der Waals surface area contributed by atoms with Crippen molar-refractivity contribution in [1.29, 1.82) is 0 Å². The highest BCUT2D eigenvalue weighted by atomic mass is 32.2. The second-order valence-corrected chi connectivity index (χ2v) is 6.94. The molecular formula is C11H19NO6S. The molecule has 1 rings (SSSR count). The van der Waals surface area contributed by atoms with Crippen molar-refractivity contribution in [2.75, 3.05) is 25.2 Å². The number of aliphatic carboxylic acids is 1. The van der Waals surface area contributed by atoms with E-state index in [1.165, 1.54) is 7.11 Å². The van der Waals surface area contributed by atoms with Gasteiger partial charge in [-0.1, -0.05) is 0 Å². The van der Waals surface area contributed by atoms with E-state index in [0.717, 1.165) is 0 Å². The minimum Gasteiger partial charge on any atom is -0.480 e. The summed E-state index contributed by atoms with van der Waals surface area (Å²) in [4.78, 5) is 22.6. The third kappa shape index (κ3) is 5.56. The number of carbonyl (C=O) groups excluding carboxylic acids is 1. The van der Waals surface area contributed by atoms with Gasteiger partial charge in [0.15, 0.2) is 9.84 Å². The lowest BCUT2D eigenvalue weighted by Gasteiger charge is -2.15. The third-order valence-electron chi connectivity index (χ3n) is 3.04. The first-order chi connectivity index (χ1) is 8.84. The van der Waals surface area contributed by atoms with Crippen molar-refractivity contribution >= 4 is 21.7 Å². The van der Waals surface area contributed by atoms with E-state index < -0.39 is 27.8 Å². The average molecular weight is 293 g/mol. The number of amides is 1. The summed E-state index contributed by atoms with van der Waals surface area (Å²) >= 11 is 0. The van der Waals surface area contributed by atoms with E-state index in [-0.39, 0.29) is 36.9 Å².